The van der Waals surface area contributed by atoms with E-state index in [0.29, 0.717) is 18.4 Å². The SMILES string of the molecule is CC1CC(NC(=O)CNC(=O)CC2CCCCC2)CCN1.Cl. The highest BCUT2D eigenvalue weighted by molar-refractivity contribution is 5.85. The highest BCUT2D eigenvalue weighted by Crippen LogP contribution is 2.25. The molecule has 1 heterocycles. The van der Waals surface area contributed by atoms with Crippen LogP contribution >= 0.6 is 12.4 Å². The van der Waals surface area contributed by atoms with Crippen molar-refractivity contribution in [2.75, 3.05) is 13.1 Å². The zero-order chi connectivity index (χ0) is 15.1. The minimum absolute atomic E-state index is 0. The molecule has 1 aliphatic heterocycles. The van der Waals surface area contributed by atoms with Crippen LogP contribution in [0.3, 0.4) is 0 Å². The predicted molar refractivity (Wildman–Crippen MR) is 90.1 cm³/mol. The largest absolute Gasteiger partial charge is 0.352 e. The molecule has 3 N–H and O–H groups in total. The Labute approximate surface area is 139 Å². The van der Waals surface area contributed by atoms with E-state index >= 15 is 0 Å². The van der Waals surface area contributed by atoms with Gasteiger partial charge in [0.15, 0.2) is 0 Å². The summed E-state index contributed by atoms with van der Waals surface area (Å²) < 4.78 is 0. The van der Waals surface area contributed by atoms with Gasteiger partial charge in [0.2, 0.25) is 11.8 Å². The number of amides is 2. The molecule has 2 fully saturated rings. The second-order valence-electron chi connectivity index (χ2n) is 6.63. The number of hydrogen-bond acceptors (Lipinski definition) is 3. The Bertz CT molecular complexity index is 359. The van der Waals surface area contributed by atoms with Crippen molar-refractivity contribution in [2.24, 2.45) is 5.92 Å². The molecule has 128 valence electrons. The Kier molecular flexibility index (Phi) is 8.79. The van der Waals surface area contributed by atoms with Crippen molar-refractivity contribution in [2.45, 2.75) is 70.4 Å². The maximum Gasteiger partial charge on any atom is 0.239 e. The van der Waals surface area contributed by atoms with Gasteiger partial charge in [-0.1, -0.05) is 19.3 Å². The number of rotatable bonds is 5. The Morgan fingerprint density at radius 2 is 1.82 bits per heavy atom. The second-order valence-corrected chi connectivity index (χ2v) is 6.63. The smallest absolute Gasteiger partial charge is 0.239 e. The second kappa shape index (κ2) is 10.1. The Hall–Kier alpha value is -0.810. The highest BCUT2D eigenvalue weighted by atomic mass is 35.5. The van der Waals surface area contributed by atoms with Gasteiger partial charge in [-0.3, -0.25) is 9.59 Å². The van der Waals surface area contributed by atoms with Gasteiger partial charge in [-0.15, -0.1) is 12.4 Å². The van der Waals surface area contributed by atoms with Crippen molar-refractivity contribution < 1.29 is 9.59 Å². The van der Waals surface area contributed by atoms with Crippen molar-refractivity contribution in [3.8, 4) is 0 Å². The molecule has 2 amide bonds. The van der Waals surface area contributed by atoms with Crippen LogP contribution in [-0.2, 0) is 9.59 Å². The van der Waals surface area contributed by atoms with Gasteiger partial charge in [-0.2, -0.15) is 0 Å². The van der Waals surface area contributed by atoms with E-state index in [4.69, 9.17) is 0 Å². The van der Waals surface area contributed by atoms with Crippen LogP contribution in [0.1, 0.15) is 58.3 Å². The summed E-state index contributed by atoms with van der Waals surface area (Å²) in [7, 11) is 0. The fourth-order valence-electron chi connectivity index (χ4n) is 3.45. The van der Waals surface area contributed by atoms with Crippen LogP contribution in [0.2, 0.25) is 0 Å². The molecule has 1 aliphatic carbocycles. The Morgan fingerprint density at radius 1 is 1.09 bits per heavy atom. The summed E-state index contributed by atoms with van der Waals surface area (Å²) in [6, 6.07) is 0.689. The van der Waals surface area contributed by atoms with Gasteiger partial charge in [-0.25, -0.2) is 0 Å². The lowest BCUT2D eigenvalue weighted by atomic mass is 9.87. The monoisotopic (exact) mass is 331 g/mol. The summed E-state index contributed by atoms with van der Waals surface area (Å²) in [6.07, 6.45) is 8.61. The van der Waals surface area contributed by atoms with E-state index in [9.17, 15) is 9.59 Å². The fraction of sp³-hybridized carbons (Fsp3) is 0.875. The summed E-state index contributed by atoms with van der Waals surface area (Å²) in [5.74, 6) is 0.480. The summed E-state index contributed by atoms with van der Waals surface area (Å²) in [5.41, 5.74) is 0. The number of carbonyl (C=O) groups excluding carboxylic acids is 2. The van der Waals surface area contributed by atoms with Crippen LogP contribution < -0.4 is 16.0 Å². The normalized spacial score (nSPS) is 25.9. The van der Waals surface area contributed by atoms with Crippen LogP contribution in [0.5, 0.6) is 0 Å². The molecule has 0 spiro atoms. The molecular formula is C16H30ClN3O2. The maximum atomic E-state index is 11.9. The first-order chi connectivity index (χ1) is 10.1. The summed E-state index contributed by atoms with van der Waals surface area (Å²) in [4.78, 5) is 23.7. The molecule has 1 saturated carbocycles. The maximum absolute atomic E-state index is 11.9. The molecule has 0 aromatic rings. The average Bonchev–Trinajstić information content (AvgIpc) is 2.46. The number of carbonyl (C=O) groups is 2. The highest BCUT2D eigenvalue weighted by Gasteiger charge is 2.21. The van der Waals surface area contributed by atoms with Crippen LogP contribution in [-0.4, -0.2) is 37.0 Å². The molecular weight excluding hydrogens is 302 g/mol. The fourth-order valence-corrected chi connectivity index (χ4v) is 3.45. The summed E-state index contributed by atoms with van der Waals surface area (Å²) >= 11 is 0. The number of halogens is 1. The van der Waals surface area contributed by atoms with Crippen molar-refractivity contribution in [1.29, 1.82) is 0 Å². The number of nitrogens with one attached hydrogen (secondary N) is 3. The van der Waals surface area contributed by atoms with Gasteiger partial charge in [-0.05, 0) is 45.1 Å². The number of piperidine rings is 1. The molecule has 6 heteroatoms. The van der Waals surface area contributed by atoms with Gasteiger partial charge in [0.05, 0.1) is 6.54 Å². The lowest BCUT2D eigenvalue weighted by molar-refractivity contribution is -0.127. The van der Waals surface area contributed by atoms with E-state index in [1.807, 2.05) is 0 Å². The van der Waals surface area contributed by atoms with E-state index in [1.54, 1.807) is 0 Å². The van der Waals surface area contributed by atoms with Crippen molar-refractivity contribution in [3.63, 3.8) is 0 Å². The summed E-state index contributed by atoms with van der Waals surface area (Å²) in [6.45, 7) is 3.19. The average molecular weight is 332 g/mol. The van der Waals surface area contributed by atoms with Gasteiger partial charge < -0.3 is 16.0 Å². The third kappa shape index (κ3) is 6.97. The molecule has 2 aliphatic rings. The lowest BCUT2D eigenvalue weighted by Crippen LogP contribution is -2.49. The first-order valence-electron chi connectivity index (χ1n) is 8.43. The first-order valence-corrected chi connectivity index (χ1v) is 8.43. The Morgan fingerprint density at radius 3 is 2.50 bits per heavy atom. The standard InChI is InChI=1S/C16H29N3O2.ClH/c1-12-9-14(7-8-17-12)19-16(21)11-18-15(20)10-13-5-3-2-4-6-13;/h12-14,17H,2-11H2,1H3,(H,18,20)(H,19,21);1H. The molecule has 0 aromatic carbocycles. The first kappa shape index (κ1) is 19.2. The van der Waals surface area contributed by atoms with Crippen LogP contribution in [0.4, 0.5) is 0 Å². The molecule has 1 saturated heterocycles. The molecule has 22 heavy (non-hydrogen) atoms. The third-order valence-electron chi connectivity index (χ3n) is 4.63. The molecule has 0 aromatic heterocycles. The van der Waals surface area contributed by atoms with Crippen LogP contribution in [0.15, 0.2) is 0 Å². The molecule has 2 rings (SSSR count). The van der Waals surface area contributed by atoms with Crippen molar-refractivity contribution >= 4 is 24.2 Å². The van der Waals surface area contributed by atoms with Gasteiger partial charge >= 0.3 is 0 Å². The van der Waals surface area contributed by atoms with Gasteiger partial charge in [0.1, 0.15) is 0 Å². The van der Waals surface area contributed by atoms with E-state index in [1.165, 1.54) is 19.3 Å². The number of hydrogen-bond donors (Lipinski definition) is 3. The minimum Gasteiger partial charge on any atom is -0.352 e. The lowest BCUT2D eigenvalue weighted by Gasteiger charge is -2.28. The Balaban J connectivity index is 0.00000242. The van der Waals surface area contributed by atoms with E-state index in [0.717, 1.165) is 32.2 Å². The zero-order valence-electron chi connectivity index (χ0n) is 13.5. The van der Waals surface area contributed by atoms with E-state index in [-0.39, 0.29) is 36.8 Å². The van der Waals surface area contributed by atoms with E-state index < -0.39 is 0 Å². The summed E-state index contributed by atoms with van der Waals surface area (Å²) in [5, 5.41) is 9.14. The topological polar surface area (TPSA) is 70.2 Å². The van der Waals surface area contributed by atoms with Crippen LogP contribution in [0.25, 0.3) is 0 Å². The third-order valence-corrected chi connectivity index (χ3v) is 4.63. The molecule has 2 atom stereocenters. The quantitative estimate of drug-likeness (QED) is 0.719. The minimum atomic E-state index is -0.0638. The molecule has 0 bridgehead atoms. The van der Waals surface area contributed by atoms with Crippen LogP contribution in [0, 0.1) is 5.92 Å². The van der Waals surface area contributed by atoms with E-state index in [2.05, 4.69) is 22.9 Å². The molecule has 2 unspecified atom stereocenters. The van der Waals surface area contributed by atoms with Gasteiger partial charge in [0.25, 0.3) is 0 Å². The predicted octanol–water partition coefficient (Wildman–Crippen LogP) is 1.75. The van der Waals surface area contributed by atoms with Crippen molar-refractivity contribution in [1.82, 2.24) is 16.0 Å². The van der Waals surface area contributed by atoms with Gasteiger partial charge in [0, 0.05) is 18.5 Å². The molecule has 5 nitrogen and oxygen atoms in total. The zero-order valence-corrected chi connectivity index (χ0v) is 14.3. The van der Waals surface area contributed by atoms with Crippen molar-refractivity contribution in [3.05, 3.63) is 0 Å². The molecule has 0 radical (unpaired) electrons.